The maximum absolute atomic E-state index is 5.16. The van der Waals surface area contributed by atoms with Gasteiger partial charge in [-0.3, -0.25) is 0 Å². The van der Waals surface area contributed by atoms with E-state index in [1.54, 1.807) is 7.11 Å². The molecule has 2 nitrogen and oxygen atoms in total. The molecule has 0 saturated heterocycles. The Bertz CT molecular complexity index is 288. The molecule has 2 rings (SSSR count). The van der Waals surface area contributed by atoms with E-state index < -0.39 is 0 Å². The topological polar surface area (TPSA) is 22.1 Å². The predicted molar refractivity (Wildman–Crippen MR) is 60.5 cm³/mol. The predicted octanol–water partition coefficient (Wildman–Crippen LogP) is 2.90. The van der Waals surface area contributed by atoms with Gasteiger partial charge in [-0.25, -0.2) is 4.98 Å². The van der Waals surface area contributed by atoms with E-state index >= 15 is 0 Å². The van der Waals surface area contributed by atoms with E-state index in [9.17, 15) is 0 Å². The lowest BCUT2D eigenvalue weighted by atomic mass is 10.2. The number of hydrogen-bond donors (Lipinski definition) is 0. The first-order chi connectivity index (χ1) is 6.33. The molecule has 70 valence electrons. The standard InChI is InChI=1S/C10H12INO/c1-13-10-5-7(6-11)4-9(12-10)8-2-3-8/h4-5,8H,2-3,6H2,1H3. The van der Waals surface area contributed by atoms with Crippen LogP contribution in [0, 0.1) is 0 Å². The third-order valence-electron chi connectivity index (χ3n) is 2.24. The van der Waals surface area contributed by atoms with Crippen molar-refractivity contribution in [2.75, 3.05) is 7.11 Å². The Hall–Kier alpha value is -0.320. The summed E-state index contributed by atoms with van der Waals surface area (Å²) in [6.45, 7) is 0. The molecule has 0 spiro atoms. The van der Waals surface area contributed by atoms with Crippen LogP contribution in [0.5, 0.6) is 5.88 Å². The van der Waals surface area contributed by atoms with Gasteiger partial charge >= 0.3 is 0 Å². The lowest BCUT2D eigenvalue weighted by molar-refractivity contribution is 0.396. The van der Waals surface area contributed by atoms with E-state index in [2.05, 4.69) is 33.6 Å². The normalized spacial score (nSPS) is 15.8. The Morgan fingerprint density at radius 2 is 2.31 bits per heavy atom. The fraction of sp³-hybridized carbons (Fsp3) is 0.500. The van der Waals surface area contributed by atoms with Crippen LogP contribution in [-0.2, 0) is 4.43 Å². The number of pyridine rings is 1. The minimum atomic E-state index is 0.705. The molecule has 1 aliphatic carbocycles. The maximum Gasteiger partial charge on any atom is 0.213 e. The Morgan fingerprint density at radius 3 is 2.85 bits per heavy atom. The van der Waals surface area contributed by atoms with Gasteiger partial charge in [-0.1, -0.05) is 22.6 Å². The second kappa shape index (κ2) is 3.82. The molecule has 1 aliphatic rings. The Kier molecular flexibility index (Phi) is 2.71. The molecule has 13 heavy (non-hydrogen) atoms. The molecule has 1 fully saturated rings. The van der Waals surface area contributed by atoms with Crippen LogP contribution in [0.1, 0.15) is 30.0 Å². The molecular weight excluding hydrogens is 277 g/mol. The highest BCUT2D eigenvalue weighted by Gasteiger charge is 2.25. The average molecular weight is 289 g/mol. The lowest BCUT2D eigenvalue weighted by Gasteiger charge is -2.04. The van der Waals surface area contributed by atoms with Gasteiger partial charge in [0.15, 0.2) is 0 Å². The van der Waals surface area contributed by atoms with Gasteiger partial charge in [0, 0.05) is 22.1 Å². The van der Waals surface area contributed by atoms with E-state index in [0.717, 1.165) is 10.3 Å². The van der Waals surface area contributed by atoms with E-state index in [1.807, 2.05) is 6.07 Å². The number of alkyl halides is 1. The summed E-state index contributed by atoms with van der Waals surface area (Å²) in [7, 11) is 1.68. The van der Waals surface area contributed by atoms with Crippen molar-refractivity contribution in [1.82, 2.24) is 4.98 Å². The van der Waals surface area contributed by atoms with Gasteiger partial charge in [0.2, 0.25) is 5.88 Å². The summed E-state index contributed by atoms with van der Waals surface area (Å²) < 4.78 is 6.18. The van der Waals surface area contributed by atoms with E-state index in [-0.39, 0.29) is 0 Å². The van der Waals surface area contributed by atoms with Gasteiger partial charge in [0.05, 0.1) is 7.11 Å². The Labute approximate surface area is 91.8 Å². The summed E-state index contributed by atoms with van der Waals surface area (Å²) in [6, 6.07) is 4.21. The number of hydrogen-bond acceptors (Lipinski definition) is 2. The van der Waals surface area contributed by atoms with Crippen LogP contribution in [0.25, 0.3) is 0 Å². The Balaban J connectivity index is 2.33. The minimum Gasteiger partial charge on any atom is -0.481 e. The van der Waals surface area contributed by atoms with Crippen LogP contribution in [0.15, 0.2) is 12.1 Å². The van der Waals surface area contributed by atoms with Gasteiger partial charge in [0.25, 0.3) is 0 Å². The smallest absolute Gasteiger partial charge is 0.213 e. The minimum absolute atomic E-state index is 0.705. The summed E-state index contributed by atoms with van der Waals surface area (Å²) in [5, 5.41) is 0. The van der Waals surface area contributed by atoms with Crippen molar-refractivity contribution in [3.63, 3.8) is 0 Å². The van der Waals surface area contributed by atoms with Crippen molar-refractivity contribution in [1.29, 1.82) is 0 Å². The molecule has 0 N–H and O–H groups in total. The van der Waals surface area contributed by atoms with Crippen molar-refractivity contribution < 1.29 is 4.74 Å². The number of rotatable bonds is 3. The molecule has 1 heterocycles. The monoisotopic (exact) mass is 289 g/mol. The van der Waals surface area contributed by atoms with Gasteiger partial charge < -0.3 is 4.74 Å². The molecule has 0 bridgehead atoms. The van der Waals surface area contributed by atoms with Crippen LogP contribution < -0.4 is 4.74 Å². The zero-order chi connectivity index (χ0) is 9.26. The van der Waals surface area contributed by atoms with Gasteiger partial charge in [-0.15, -0.1) is 0 Å². The third kappa shape index (κ3) is 2.13. The van der Waals surface area contributed by atoms with E-state index in [0.29, 0.717) is 5.92 Å². The molecule has 0 unspecified atom stereocenters. The molecule has 0 aliphatic heterocycles. The molecule has 0 radical (unpaired) electrons. The highest BCUT2D eigenvalue weighted by atomic mass is 127. The maximum atomic E-state index is 5.16. The third-order valence-corrected chi connectivity index (χ3v) is 3.12. The van der Waals surface area contributed by atoms with E-state index in [4.69, 9.17) is 4.74 Å². The highest BCUT2D eigenvalue weighted by Crippen LogP contribution is 2.40. The fourth-order valence-electron chi connectivity index (χ4n) is 1.35. The zero-order valence-corrected chi connectivity index (χ0v) is 9.74. The quantitative estimate of drug-likeness (QED) is 0.630. The number of ether oxygens (including phenoxy) is 1. The van der Waals surface area contributed by atoms with Crippen molar-refractivity contribution >= 4 is 22.6 Å². The summed E-state index contributed by atoms with van der Waals surface area (Å²) in [5.41, 5.74) is 2.53. The molecule has 1 aromatic heterocycles. The lowest BCUT2D eigenvalue weighted by Crippen LogP contribution is -1.94. The molecule has 1 aromatic rings. The average Bonchev–Trinajstić information content (AvgIpc) is 3.00. The molecule has 3 heteroatoms. The van der Waals surface area contributed by atoms with Crippen molar-refractivity contribution in [2.24, 2.45) is 0 Å². The van der Waals surface area contributed by atoms with E-state index in [1.165, 1.54) is 24.1 Å². The molecular formula is C10H12INO. The number of aromatic nitrogens is 1. The molecule has 1 saturated carbocycles. The van der Waals surface area contributed by atoms with Crippen molar-refractivity contribution in [2.45, 2.75) is 23.2 Å². The zero-order valence-electron chi connectivity index (χ0n) is 7.59. The summed E-state index contributed by atoms with van der Waals surface area (Å²) in [5.74, 6) is 1.47. The van der Waals surface area contributed by atoms with Crippen LogP contribution in [0.2, 0.25) is 0 Å². The van der Waals surface area contributed by atoms with Crippen LogP contribution in [-0.4, -0.2) is 12.1 Å². The van der Waals surface area contributed by atoms with Crippen molar-refractivity contribution in [3.8, 4) is 5.88 Å². The first-order valence-electron chi connectivity index (χ1n) is 4.44. The SMILES string of the molecule is COc1cc(CI)cc(C2CC2)n1. The molecule has 0 atom stereocenters. The highest BCUT2D eigenvalue weighted by molar-refractivity contribution is 14.1. The number of nitrogens with zero attached hydrogens (tertiary/aromatic N) is 1. The molecule has 0 aromatic carbocycles. The van der Waals surface area contributed by atoms with Gasteiger partial charge in [-0.05, 0) is 24.5 Å². The van der Waals surface area contributed by atoms with Crippen LogP contribution in [0.3, 0.4) is 0 Å². The van der Waals surface area contributed by atoms with Crippen LogP contribution >= 0.6 is 22.6 Å². The first kappa shape index (κ1) is 9.24. The number of methoxy groups -OCH3 is 1. The first-order valence-corrected chi connectivity index (χ1v) is 5.97. The van der Waals surface area contributed by atoms with Gasteiger partial charge in [0.1, 0.15) is 0 Å². The van der Waals surface area contributed by atoms with Crippen molar-refractivity contribution in [3.05, 3.63) is 23.4 Å². The second-order valence-corrected chi connectivity index (χ2v) is 4.11. The largest absolute Gasteiger partial charge is 0.481 e. The number of halogens is 1. The fourth-order valence-corrected chi connectivity index (χ4v) is 1.79. The van der Waals surface area contributed by atoms with Crippen LogP contribution in [0.4, 0.5) is 0 Å². The molecule has 0 amide bonds. The summed E-state index contributed by atoms with van der Waals surface area (Å²) in [4.78, 5) is 4.44. The van der Waals surface area contributed by atoms with Gasteiger partial charge in [-0.2, -0.15) is 0 Å². The second-order valence-electron chi connectivity index (χ2n) is 3.35. The summed E-state index contributed by atoms with van der Waals surface area (Å²) >= 11 is 2.36. The summed E-state index contributed by atoms with van der Waals surface area (Å²) in [6.07, 6.45) is 2.59. The Morgan fingerprint density at radius 1 is 1.54 bits per heavy atom.